The number of halogens is 1. The van der Waals surface area contributed by atoms with Crippen molar-refractivity contribution in [3.8, 4) is 0 Å². The number of aromatic nitrogens is 3. The van der Waals surface area contributed by atoms with Crippen LogP contribution in [-0.4, -0.2) is 14.6 Å². The summed E-state index contributed by atoms with van der Waals surface area (Å²) in [6.07, 6.45) is 2.70. The molecule has 0 aliphatic heterocycles. The monoisotopic (exact) mass is 224 g/mol. The molecule has 0 spiro atoms. The summed E-state index contributed by atoms with van der Waals surface area (Å²) in [6.45, 7) is 1.82. The highest BCUT2D eigenvalue weighted by atomic mass is 32.1. The van der Waals surface area contributed by atoms with Crippen LogP contribution in [0.25, 0.3) is 0 Å². The predicted octanol–water partition coefficient (Wildman–Crippen LogP) is 1.43. The standard InChI is InChI=1S/C9H9FN4S/c1-5-9(15-14-13-5)8(11)6-2-7(10)4-12-3-6/h2-4,8H,11H2,1H3. The van der Waals surface area contributed by atoms with Gasteiger partial charge in [0.1, 0.15) is 5.82 Å². The molecule has 1 atom stereocenters. The largest absolute Gasteiger partial charge is 0.319 e. The fourth-order valence-electron chi connectivity index (χ4n) is 1.27. The van der Waals surface area contributed by atoms with Gasteiger partial charge in [0, 0.05) is 6.20 Å². The van der Waals surface area contributed by atoms with E-state index in [1.807, 2.05) is 6.92 Å². The highest BCUT2D eigenvalue weighted by molar-refractivity contribution is 7.05. The molecule has 0 aromatic carbocycles. The Hall–Kier alpha value is -1.40. The van der Waals surface area contributed by atoms with E-state index in [0.29, 0.717) is 5.56 Å². The molecule has 2 aromatic rings. The van der Waals surface area contributed by atoms with E-state index < -0.39 is 11.9 Å². The van der Waals surface area contributed by atoms with Crippen molar-refractivity contribution >= 4 is 11.5 Å². The fraction of sp³-hybridized carbons (Fsp3) is 0.222. The van der Waals surface area contributed by atoms with Crippen molar-refractivity contribution in [2.45, 2.75) is 13.0 Å². The van der Waals surface area contributed by atoms with Crippen LogP contribution in [0.4, 0.5) is 4.39 Å². The average molecular weight is 224 g/mol. The van der Waals surface area contributed by atoms with E-state index in [0.717, 1.165) is 16.8 Å². The zero-order valence-electron chi connectivity index (χ0n) is 8.01. The SMILES string of the molecule is Cc1nnsc1C(N)c1cncc(F)c1. The van der Waals surface area contributed by atoms with E-state index in [9.17, 15) is 4.39 Å². The smallest absolute Gasteiger partial charge is 0.141 e. The maximum Gasteiger partial charge on any atom is 0.141 e. The Kier molecular flexibility index (Phi) is 2.70. The third kappa shape index (κ3) is 2.00. The first-order valence-corrected chi connectivity index (χ1v) is 5.10. The van der Waals surface area contributed by atoms with Crippen LogP contribution in [0.1, 0.15) is 22.2 Å². The van der Waals surface area contributed by atoms with Gasteiger partial charge in [-0.05, 0) is 30.1 Å². The summed E-state index contributed by atoms with van der Waals surface area (Å²) >= 11 is 1.22. The molecule has 0 bridgehead atoms. The third-order valence-corrected chi connectivity index (χ3v) is 2.96. The van der Waals surface area contributed by atoms with Crippen molar-refractivity contribution in [1.82, 2.24) is 14.6 Å². The van der Waals surface area contributed by atoms with Gasteiger partial charge in [-0.3, -0.25) is 4.98 Å². The lowest BCUT2D eigenvalue weighted by atomic mass is 10.1. The molecule has 2 aromatic heterocycles. The summed E-state index contributed by atoms with van der Waals surface area (Å²) in [5.74, 6) is -0.391. The van der Waals surface area contributed by atoms with Gasteiger partial charge in [0.25, 0.3) is 0 Å². The molecular weight excluding hydrogens is 215 g/mol. The summed E-state index contributed by atoms with van der Waals surface area (Å²) in [6, 6.07) is 0.963. The van der Waals surface area contributed by atoms with Crippen molar-refractivity contribution in [3.05, 3.63) is 40.4 Å². The molecule has 4 nitrogen and oxygen atoms in total. The number of nitrogens with zero attached hydrogens (tertiary/aromatic N) is 3. The van der Waals surface area contributed by atoms with Gasteiger partial charge in [-0.1, -0.05) is 4.49 Å². The number of pyridine rings is 1. The van der Waals surface area contributed by atoms with Gasteiger partial charge in [-0.2, -0.15) is 0 Å². The molecule has 0 fully saturated rings. The quantitative estimate of drug-likeness (QED) is 0.838. The van der Waals surface area contributed by atoms with Crippen LogP contribution < -0.4 is 5.73 Å². The summed E-state index contributed by atoms with van der Waals surface area (Å²) in [5.41, 5.74) is 7.36. The summed E-state index contributed by atoms with van der Waals surface area (Å²) in [7, 11) is 0. The van der Waals surface area contributed by atoms with E-state index in [4.69, 9.17) is 5.73 Å². The maximum atomic E-state index is 12.9. The van der Waals surface area contributed by atoms with E-state index in [1.165, 1.54) is 17.6 Å². The Bertz CT molecular complexity index is 471. The first-order chi connectivity index (χ1) is 7.18. The highest BCUT2D eigenvalue weighted by Crippen LogP contribution is 2.23. The molecule has 2 heterocycles. The average Bonchev–Trinajstić information content (AvgIpc) is 2.63. The second-order valence-electron chi connectivity index (χ2n) is 3.14. The molecule has 15 heavy (non-hydrogen) atoms. The van der Waals surface area contributed by atoms with Crippen molar-refractivity contribution in [1.29, 1.82) is 0 Å². The predicted molar refractivity (Wildman–Crippen MR) is 54.9 cm³/mol. The van der Waals surface area contributed by atoms with Crippen LogP contribution in [0, 0.1) is 12.7 Å². The van der Waals surface area contributed by atoms with Crippen LogP contribution in [0.15, 0.2) is 18.5 Å². The van der Waals surface area contributed by atoms with Crippen molar-refractivity contribution in [2.24, 2.45) is 5.73 Å². The highest BCUT2D eigenvalue weighted by Gasteiger charge is 2.15. The minimum Gasteiger partial charge on any atom is -0.319 e. The molecule has 0 saturated carbocycles. The zero-order valence-corrected chi connectivity index (χ0v) is 8.83. The minimum absolute atomic E-state index is 0.391. The van der Waals surface area contributed by atoms with Gasteiger partial charge in [0.2, 0.25) is 0 Å². The van der Waals surface area contributed by atoms with E-state index in [1.54, 1.807) is 6.20 Å². The van der Waals surface area contributed by atoms with E-state index in [2.05, 4.69) is 14.6 Å². The van der Waals surface area contributed by atoms with Gasteiger partial charge in [-0.25, -0.2) is 4.39 Å². The van der Waals surface area contributed by atoms with Gasteiger partial charge >= 0.3 is 0 Å². The first kappa shape index (κ1) is 10.1. The zero-order chi connectivity index (χ0) is 10.8. The second-order valence-corrected chi connectivity index (χ2v) is 3.92. The number of aryl methyl sites for hydroxylation is 1. The molecular formula is C9H9FN4S. The lowest BCUT2D eigenvalue weighted by molar-refractivity contribution is 0.616. The summed E-state index contributed by atoms with van der Waals surface area (Å²) in [5, 5.41) is 3.86. The van der Waals surface area contributed by atoms with Crippen LogP contribution >= 0.6 is 11.5 Å². The van der Waals surface area contributed by atoms with Crippen LogP contribution in [0.5, 0.6) is 0 Å². The van der Waals surface area contributed by atoms with Gasteiger partial charge in [-0.15, -0.1) is 5.10 Å². The normalized spacial score (nSPS) is 12.7. The first-order valence-electron chi connectivity index (χ1n) is 4.33. The molecule has 2 N–H and O–H groups in total. The Balaban J connectivity index is 2.36. The third-order valence-electron chi connectivity index (χ3n) is 2.05. The molecule has 1 unspecified atom stereocenters. The van der Waals surface area contributed by atoms with Crippen LogP contribution in [0.2, 0.25) is 0 Å². The number of nitrogens with two attached hydrogens (primary N) is 1. The summed E-state index contributed by atoms with van der Waals surface area (Å²) < 4.78 is 16.7. The van der Waals surface area contributed by atoms with Gasteiger partial charge in [0.15, 0.2) is 0 Å². The minimum atomic E-state index is -0.409. The van der Waals surface area contributed by atoms with Crippen molar-refractivity contribution in [3.63, 3.8) is 0 Å². The van der Waals surface area contributed by atoms with E-state index in [-0.39, 0.29) is 0 Å². The number of hydrogen-bond acceptors (Lipinski definition) is 5. The lowest BCUT2D eigenvalue weighted by Gasteiger charge is -2.09. The van der Waals surface area contributed by atoms with Gasteiger partial charge in [0.05, 0.1) is 22.8 Å². The molecule has 0 aliphatic carbocycles. The molecule has 0 radical (unpaired) electrons. The molecule has 0 aliphatic rings. The Morgan fingerprint density at radius 1 is 1.47 bits per heavy atom. The van der Waals surface area contributed by atoms with Crippen LogP contribution in [-0.2, 0) is 0 Å². The number of rotatable bonds is 2. The van der Waals surface area contributed by atoms with Crippen molar-refractivity contribution in [2.75, 3.05) is 0 Å². The van der Waals surface area contributed by atoms with Crippen LogP contribution in [0.3, 0.4) is 0 Å². The van der Waals surface area contributed by atoms with E-state index >= 15 is 0 Å². The maximum absolute atomic E-state index is 12.9. The van der Waals surface area contributed by atoms with Crippen molar-refractivity contribution < 1.29 is 4.39 Å². The molecule has 6 heteroatoms. The topological polar surface area (TPSA) is 64.7 Å². The molecule has 0 saturated heterocycles. The Morgan fingerprint density at radius 2 is 2.27 bits per heavy atom. The Labute approximate surface area is 90.1 Å². The Morgan fingerprint density at radius 3 is 2.87 bits per heavy atom. The molecule has 0 amide bonds. The van der Waals surface area contributed by atoms with Gasteiger partial charge < -0.3 is 5.73 Å². The second kappa shape index (κ2) is 4.00. The molecule has 2 rings (SSSR count). The molecule has 78 valence electrons. The number of hydrogen-bond donors (Lipinski definition) is 1. The fourth-order valence-corrected chi connectivity index (χ4v) is 1.95. The lowest BCUT2D eigenvalue weighted by Crippen LogP contribution is -2.12. The summed E-state index contributed by atoms with van der Waals surface area (Å²) in [4.78, 5) is 4.59.